The lowest BCUT2D eigenvalue weighted by Gasteiger charge is -2.22. The van der Waals surface area contributed by atoms with Gasteiger partial charge in [0, 0.05) is 13.0 Å². The summed E-state index contributed by atoms with van der Waals surface area (Å²) in [5.41, 5.74) is 8.14. The first-order chi connectivity index (χ1) is 23.0. The largest absolute Gasteiger partial charge is 0.354 e. The number of nitrogens with two attached hydrogens (primary N) is 1. The fraction of sp³-hybridized carbons (Fsp3) is 0.925. The Morgan fingerprint density at radius 3 is 1.10 bits per heavy atom. The molecule has 0 heterocycles. The number of nitrogens with one attached hydrogen (secondary N) is 2. The van der Waals surface area contributed by atoms with Crippen molar-refractivity contribution in [3.8, 4) is 0 Å². The summed E-state index contributed by atoms with van der Waals surface area (Å²) in [5.74, 6) is -0.945. The van der Waals surface area contributed by atoms with Crippen LogP contribution < -0.4 is 16.5 Å². The Labute approximate surface area is 304 Å². The summed E-state index contributed by atoms with van der Waals surface area (Å²) in [6.07, 6.45) is 40.5. The van der Waals surface area contributed by atoms with Crippen molar-refractivity contribution in [1.82, 2.24) is 15.8 Å². The molecule has 0 aliphatic carbocycles. The molecule has 8 heteroatoms. The molecule has 0 bridgehead atoms. The highest BCUT2D eigenvalue weighted by atomic mass is 35.5. The minimum Gasteiger partial charge on any atom is -0.354 e. The molecule has 3 amide bonds. The molecule has 0 aromatic rings. The number of rotatable bonds is 36. The van der Waals surface area contributed by atoms with E-state index in [1.807, 2.05) is 0 Å². The molecule has 0 rings (SSSR count). The second-order valence-electron chi connectivity index (χ2n) is 14.1. The predicted molar refractivity (Wildman–Crippen MR) is 208 cm³/mol. The van der Waals surface area contributed by atoms with Crippen LogP contribution >= 0.6 is 12.4 Å². The molecule has 286 valence electrons. The van der Waals surface area contributed by atoms with Crippen LogP contribution in [0.5, 0.6) is 0 Å². The van der Waals surface area contributed by atoms with Gasteiger partial charge in [0.05, 0.1) is 6.54 Å². The van der Waals surface area contributed by atoms with Crippen molar-refractivity contribution in [2.24, 2.45) is 5.73 Å². The Kier molecular flexibility index (Phi) is 40.7. The fourth-order valence-electron chi connectivity index (χ4n) is 6.26. The third-order valence-corrected chi connectivity index (χ3v) is 9.40. The van der Waals surface area contributed by atoms with Gasteiger partial charge in [0.1, 0.15) is 6.54 Å². The van der Waals surface area contributed by atoms with Crippen LogP contribution in [-0.4, -0.2) is 42.4 Å². The van der Waals surface area contributed by atoms with Gasteiger partial charge in [-0.1, -0.05) is 200 Å². The van der Waals surface area contributed by atoms with E-state index in [2.05, 4.69) is 24.6 Å². The van der Waals surface area contributed by atoms with E-state index in [1.165, 1.54) is 167 Å². The van der Waals surface area contributed by atoms with Gasteiger partial charge in [-0.2, -0.15) is 0 Å². The predicted octanol–water partition coefficient (Wildman–Crippen LogP) is 10.9. The maximum atomic E-state index is 12.4. The van der Waals surface area contributed by atoms with Gasteiger partial charge < -0.3 is 11.1 Å². The molecular weight excluding hydrogens is 620 g/mol. The highest BCUT2D eigenvalue weighted by Gasteiger charge is 2.18. The van der Waals surface area contributed by atoms with Crippen LogP contribution in [0.2, 0.25) is 0 Å². The lowest BCUT2D eigenvalue weighted by Crippen LogP contribution is -2.52. The third kappa shape index (κ3) is 36.0. The molecule has 0 aliphatic rings. The van der Waals surface area contributed by atoms with E-state index in [0.717, 1.165) is 37.1 Å². The van der Waals surface area contributed by atoms with Crippen molar-refractivity contribution in [1.29, 1.82) is 0 Å². The van der Waals surface area contributed by atoms with E-state index in [0.29, 0.717) is 13.0 Å². The van der Waals surface area contributed by atoms with Crippen LogP contribution in [0.25, 0.3) is 0 Å². The van der Waals surface area contributed by atoms with E-state index < -0.39 is 5.91 Å². The molecule has 4 N–H and O–H groups in total. The lowest BCUT2D eigenvalue weighted by molar-refractivity contribution is -0.143. The van der Waals surface area contributed by atoms with Gasteiger partial charge in [-0.05, 0) is 12.8 Å². The fourth-order valence-corrected chi connectivity index (χ4v) is 6.26. The van der Waals surface area contributed by atoms with Gasteiger partial charge in [0.25, 0.3) is 5.91 Å². The average Bonchev–Trinajstić information content (AvgIpc) is 3.07. The molecule has 0 saturated carbocycles. The lowest BCUT2D eigenvalue weighted by atomic mass is 10.0. The van der Waals surface area contributed by atoms with Crippen LogP contribution in [0, 0.1) is 0 Å². The first-order valence-electron chi connectivity index (χ1n) is 20.6. The van der Waals surface area contributed by atoms with Gasteiger partial charge in [-0.3, -0.25) is 19.8 Å². The maximum absolute atomic E-state index is 12.4. The van der Waals surface area contributed by atoms with Crippen molar-refractivity contribution in [3.05, 3.63) is 0 Å². The Bertz CT molecular complexity index is 710. The molecule has 0 radical (unpaired) electrons. The van der Waals surface area contributed by atoms with Gasteiger partial charge in [0.15, 0.2) is 0 Å². The monoisotopic (exact) mass is 701 g/mol. The van der Waals surface area contributed by atoms with E-state index in [9.17, 15) is 14.4 Å². The van der Waals surface area contributed by atoms with Crippen LogP contribution in [0.1, 0.15) is 219 Å². The van der Waals surface area contributed by atoms with Crippen LogP contribution in [-0.2, 0) is 14.4 Å². The van der Waals surface area contributed by atoms with E-state index >= 15 is 0 Å². The van der Waals surface area contributed by atoms with Gasteiger partial charge in [0.2, 0.25) is 11.8 Å². The highest BCUT2D eigenvalue weighted by molar-refractivity contribution is 5.88. The van der Waals surface area contributed by atoms with E-state index in [-0.39, 0.29) is 37.3 Å². The molecular formula is C40H81ClN4O3. The van der Waals surface area contributed by atoms with Crippen molar-refractivity contribution < 1.29 is 14.4 Å². The molecule has 0 atom stereocenters. The molecule has 0 unspecified atom stereocenters. The summed E-state index contributed by atoms with van der Waals surface area (Å²) in [5, 5.41) is 3.97. The summed E-state index contributed by atoms with van der Waals surface area (Å²) in [6.45, 7) is 4.69. The van der Waals surface area contributed by atoms with E-state index in [1.54, 1.807) is 0 Å². The second kappa shape index (κ2) is 40.1. The summed E-state index contributed by atoms with van der Waals surface area (Å²) in [4.78, 5) is 37.1. The number of carbonyl (C=O) groups excluding carboxylic acids is 3. The zero-order valence-electron chi connectivity index (χ0n) is 31.9. The first-order valence-corrected chi connectivity index (χ1v) is 20.6. The first kappa shape index (κ1) is 48.8. The molecule has 48 heavy (non-hydrogen) atoms. The van der Waals surface area contributed by atoms with Crippen LogP contribution in [0.15, 0.2) is 0 Å². The third-order valence-electron chi connectivity index (χ3n) is 9.40. The number of amides is 3. The van der Waals surface area contributed by atoms with Crippen molar-refractivity contribution in [2.75, 3.05) is 19.6 Å². The van der Waals surface area contributed by atoms with E-state index in [4.69, 9.17) is 5.73 Å². The number of unbranched alkanes of at least 4 members (excludes halogenated alkanes) is 29. The maximum Gasteiger partial charge on any atom is 0.255 e. The zero-order chi connectivity index (χ0) is 34.5. The van der Waals surface area contributed by atoms with Crippen LogP contribution in [0.3, 0.4) is 0 Å². The quantitative estimate of drug-likeness (QED) is 0.0447. The summed E-state index contributed by atoms with van der Waals surface area (Å²) < 4.78 is 0. The summed E-state index contributed by atoms with van der Waals surface area (Å²) in [6, 6.07) is 0. The molecule has 0 aromatic carbocycles. The standard InChI is InChI=1S/C40H80N4O3.ClH/c1-3-5-7-9-11-13-15-17-19-21-23-25-27-29-31-33-35-42-39(46)37-44(40(47)36-41)43-38(45)34-32-30-28-26-24-22-20-18-16-14-12-10-8-6-4-2;/h3-37,41H2,1-2H3,(H,42,46)(H,43,45);1H. The Morgan fingerprint density at radius 1 is 0.458 bits per heavy atom. The number of hydrogen-bond donors (Lipinski definition) is 3. The number of hydrazine groups is 1. The molecule has 0 aromatic heterocycles. The summed E-state index contributed by atoms with van der Waals surface area (Å²) >= 11 is 0. The van der Waals surface area contributed by atoms with Crippen LogP contribution in [0.4, 0.5) is 0 Å². The Hall–Kier alpha value is -1.34. The molecule has 0 saturated heterocycles. The molecule has 7 nitrogen and oxygen atoms in total. The minimum atomic E-state index is -0.451. The van der Waals surface area contributed by atoms with Crippen molar-refractivity contribution in [3.63, 3.8) is 0 Å². The number of nitrogens with zero attached hydrogens (tertiary/aromatic N) is 1. The van der Waals surface area contributed by atoms with Gasteiger partial charge in [-0.15, -0.1) is 12.4 Å². The highest BCUT2D eigenvalue weighted by Crippen LogP contribution is 2.15. The summed E-state index contributed by atoms with van der Waals surface area (Å²) in [7, 11) is 0. The van der Waals surface area contributed by atoms with Crippen molar-refractivity contribution >= 4 is 30.1 Å². The molecule has 0 fully saturated rings. The smallest absolute Gasteiger partial charge is 0.255 e. The van der Waals surface area contributed by atoms with Gasteiger partial charge >= 0.3 is 0 Å². The topological polar surface area (TPSA) is 105 Å². The number of halogens is 1. The zero-order valence-corrected chi connectivity index (χ0v) is 32.7. The SMILES string of the molecule is CCCCCCCCCCCCCCCCCCNC(=O)CN(NC(=O)CCCCCCCCCCCCCCCCC)C(=O)CN.Cl. The van der Waals surface area contributed by atoms with Gasteiger partial charge in [-0.25, -0.2) is 5.01 Å². The second-order valence-corrected chi connectivity index (χ2v) is 14.1. The minimum absolute atomic E-state index is 0. The normalized spacial score (nSPS) is 10.9. The Morgan fingerprint density at radius 2 is 0.771 bits per heavy atom. The number of hydrogen-bond acceptors (Lipinski definition) is 4. The van der Waals surface area contributed by atoms with Crippen molar-refractivity contribution in [2.45, 2.75) is 219 Å². The number of carbonyl (C=O) groups is 3. The molecule has 0 aliphatic heterocycles. The average molecular weight is 702 g/mol. The molecule has 0 spiro atoms. The Balaban J connectivity index is 0.